The molecule has 0 bridgehead atoms. The van der Waals surface area contributed by atoms with Gasteiger partial charge in [0.1, 0.15) is 11.3 Å². The first kappa shape index (κ1) is 15.1. The Morgan fingerprint density at radius 2 is 1.86 bits per heavy atom. The molecule has 1 aliphatic rings. The summed E-state index contributed by atoms with van der Waals surface area (Å²) in [7, 11) is 0. The van der Waals surface area contributed by atoms with Crippen LogP contribution in [-0.4, -0.2) is 5.11 Å². The summed E-state index contributed by atoms with van der Waals surface area (Å²) in [5.41, 5.74) is 3.27. The number of hydrogen-bond donors (Lipinski definition) is 1. The number of hydrogen-bond acceptors (Lipinski definition) is 3. The van der Waals surface area contributed by atoms with Gasteiger partial charge in [0.25, 0.3) is 0 Å². The van der Waals surface area contributed by atoms with E-state index in [4.69, 9.17) is 4.42 Å². The molecule has 0 radical (unpaired) electrons. The molecule has 22 heavy (non-hydrogen) atoms. The van der Waals surface area contributed by atoms with Crippen LogP contribution in [-0.2, 0) is 19.3 Å². The first-order valence-electron chi connectivity index (χ1n) is 8.51. The number of benzene rings is 1. The maximum atomic E-state index is 12.1. The quantitative estimate of drug-likeness (QED) is 0.653. The lowest BCUT2D eigenvalue weighted by atomic mass is 9.89. The molecule has 1 aromatic carbocycles. The van der Waals surface area contributed by atoms with Gasteiger partial charge >= 0.3 is 5.63 Å². The number of unbranched alkanes of at least 4 members (excludes halogenated alkanes) is 3. The third-order valence-corrected chi connectivity index (χ3v) is 4.72. The summed E-state index contributed by atoms with van der Waals surface area (Å²) in [6, 6.07) is 3.67. The highest BCUT2D eigenvalue weighted by molar-refractivity contribution is 5.84. The fourth-order valence-corrected chi connectivity index (χ4v) is 3.47. The molecule has 1 heterocycles. The van der Waals surface area contributed by atoms with E-state index in [9.17, 15) is 9.90 Å². The van der Waals surface area contributed by atoms with Crippen molar-refractivity contribution in [1.82, 2.24) is 0 Å². The lowest BCUT2D eigenvalue weighted by molar-refractivity contribution is 0.463. The Bertz CT molecular complexity index is 728. The van der Waals surface area contributed by atoms with Crippen molar-refractivity contribution in [2.24, 2.45) is 0 Å². The van der Waals surface area contributed by atoms with Gasteiger partial charge in [-0.15, -0.1) is 0 Å². The van der Waals surface area contributed by atoms with Crippen molar-refractivity contribution in [1.29, 1.82) is 0 Å². The van der Waals surface area contributed by atoms with Gasteiger partial charge in [-0.25, -0.2) is 4.79 Å². The first-order chi connectivity index (χ1) is 10.7. The molecule has 118 valence electrons. The van der Waals surface area contributed by atoms with Crippen LogP contribution in [0.4, 0.5) is 0 Å². The highest BCUT2D eigenvalue weighted by Crippen LogP contribution is 2.32. The topological polar surface area (TPSA) is 50.4 Å². The molecule has 1 aromatic heterocycles. The average molecular weight is 300 g/mol. The zero-order valence-corrected chi connectivity index (χ0v) is 13.3. The Morgan fingerprint density at radius 3 is 2.64 bits per heavy atom. The maximum Gasteiger partial charge on any atom is 0.339 e. The molecule has 0 saturated carbocycles. The number of aromatic hydroxyl groups is 1. The molecule has 0 aliphatic heterocycles. The van der Waals surface area contributed by atoms with Crippen LogP contribution in [0.5, 0.6) is 5.75 Å². The standard InChI is InChI=1S/C19H24O3/c1-2-3-4-5-8-13-11-16-14-9-6-7-10-15(14)19(21)22-18(16)12-17(13)20/h11-12,20H,2-10H2,1H3. The van der Waals surface area contributed by atoms with Crippen LogP contribution < -0.4 is 5.63 Å². The predicted octanol–water partition coefficient (Wildman–Crippen LogP) is 4.50. The highest BCUT2D eigenvalue weighted by Gasteiger charge is 2.19. The average Bonchev–Trinajstić information content (AvgIpc) is 2.53. The third-order valence-electron chi connectivity index (χ3n) is 4.72. The molecule has 3 rings (SSSR count). The van der Waals surface area contributed by atoms with Crippen LogP contribution in [0.15, 0.2) is 21.3 Å². The van der Waals surface area contributed by atoms with Gasteiger partial charge in [-0.1, -0.05) is 26.2 Å². The van der Waals surface area contributed by atoms with Gasteiger partial charge in [-0.2, -0.15) is 0 Å². The smallest absolute Gasteiger partial charge is 0.339 e. The van der Waals surface area contributed by atoms with E-state index >= 15 is 0 Å². The number of phenolic OH excluding ortho intramolecular Hbond substituents is 1. The first-order valence-corrected chi connectivity index (χ1v) is 8.51. The molecular weight excluding hydrogens is 276 g/mol. The Labute approximate surface area is 131 Å². The lowest BCUT2D eigenvalue weighted by Crippen LogP contribution is -2.15. The fourth-order valence-electron chi connectivity index (χ4n) is 3.47. The fraction of sp³-hybridized carbons (Fsp3) is 0.526. The van der Waals surface area contributed by atoms with Crippen LogP contribution in [0.2, 0.25) is 0 Å². The van der Waals surface area contributed by atoms with Gasteiger partial charge in [0.05, 0.1) is 0 Å². The van der Waals surface area contributed by atoms with Crippen molar-refractivity contribution < 1.29 is 9.52 Å². The van der Waals surface area contributed by atoms with E-state index in [0.717, 1.165) is 60.6 Å². The van der Waals surface area contributed by atoms with Crippen LogP contribution >= 0.6 is 0 Å². The van der Waals surface area contributed by atoms with E-state index in [1.807, 2.05) is 6.07 Å². The van der Waals surface area contributed by atoms with Gasteiger partial charge in [-0.05, 0) is 55.7 Å². The Kier molecular flexibility index (Phi) is 4.51. The van der Waals surface area contributed by atoms with Crippen LogP contribution in [0, 0.1) is 0 Å². The number of rotatable bonds is 5. The Morgan fingerprint density at radius 1 is 1.09 bits per heavy atom. The molecule has 0 unspecified atom stereocenters. The summed E-state index contributed by atoms with van der Waals surface area (Å²) in [5.74, 6) is 0.253. The molecule has 3 heteroatoms. The van der Waals surface area contributed by atoms with E-state index in [2.05, 4.69) is 6.92 Å². The van der Waals surface area contributed by atoms with Crippen molar-refractivity contribution >= 4 is 11.0 Å². The highest BCUT2D eigenvalue weighted by atomic mass is 16.4. The lowest BCUT2D eigenvalue weighted by Gasteiger charge is -2.17. The monoisotopic (exact) mass is 300 g/mol. The predicted molar refractivity (Wildman–Crippen MR) is 88.6 cm³/mol. The summed E-state index contributed by atoms with van der Waals surface area (Å²) >= 11 is 0. The van der Waals surface area contributed by atoms with E-state index in [1.54, 1.807) is 6.07 Å². The Balaban J connectivity index is 1.99. The maximum absolute atomic E-state index is 12.1. The van der Waals surface area contributed by atoms with E-state index in [1.165, 1.54) is 19.3 Å². The molecule has 1 N–H and O–H groups in total. The second kappa shape index (κ2) is 6.55. The summed E-state index contributed by atoms with van der Waals surface area (Å²) < 4.78 is 5.42. The minimum Gasteiger partial charge on any atom is -0.508 e. The van der Waals surface area contributed by atoms with Gasteiger partial charge in [0.15, 0.2) is 0 Å². The summed E-state index contributed by atoms with van der Waals surface area (Å²) in [6.45, 7) is 2.20. The largest absolute Gasteiger partial charge is 0.508 e. The van der Waals surface area contributed by atoms with E-state index < -0.39 is 0 Å². The SMILES string of the molecule is CCCCCCc1cc2c3c(c(=O)oc2cc1O)CCCC3. The van der Waals surface area contributed by atoms with Gasteiger partial charge < -0.3 is 9.52 Å². The third kappa shape index (κ3) is 2.90. The summed E-state index contributed by atoms with van der Waals surface area (Å²) in [5, 5.41) is 11.2. The number of aryl methyl sites for hydroxylation is 2. The van der Waals surface area contributed by atoms with Crippen molar-refractivity contribution in [3.63, 3.8) is 0 Å². The molecule has 2 aromatic rings. The number of fused-ring (bicyclic) bond motifs is 3. The molecule has 0 atom stereocenters. The van der Waals surface area contributed by atoms with Crippen molar-refractivity contribution in [3.8, 4) is 5.75 Å². The molecular formula is C19H24O3. The minimum absolute atomic E-state index is 0.225. The van der Waals surface area contributed by atoms with Crippen LogP contribution in [0.3, 0.4) is 0 Å². The normalized spacial score (nSPS) is 14.2. The van der Waals surface area contributed by atoms with E-state index in [-0.39, 0.29) is 11.4 Å². The van der Waals surface area contributed by atoms with Crippen LogP contribution in [0.1, 0.15) is 62.1 Å². The zero-order valence-electron chi connectivity index (χ0n) is 13.3. The molecule has 1 aliphatic carbocycles. The summed E-state index contributed by atoms with van der Waals surface area (Å²) in [6.07, 6.45) is 9.56. The van der Waals surface area contributed by atoms with Crippen molar-refractivity contribution in [2.45, 2.75) is 64.7 Å². The molecule has 0 saturated heterocycles. The summed E-state index contributed by atoms with van der Waals surface area (Å²) in [4.78, 5) is 12.1. The number of phenols is 1. The van der Waals surface area contributed by atoms with Gasteiger partial charge in [-0.3, -0.25) is 0 Å². The zero-order chi connectivity index (χ0) is 15.5. The minimum atomic E-state index is -0.225. The van der Waals surface area contributed by atoms with Crippen molar-refractivity contribution in [3.05, 3.63) is 39.2 Å². The second-order valence-electron chi connectivity index (χ2n) is 6.34. The van der Waals surface area contributed by atoms with Crippen LogP contribution in [0.25, 0.3) is 11.0 Å². The molecule has 0 fully saturated rings. The van der Waals surface area contributed by atoms with Crippen molar-refractivity contribution in [2.75, 3.05) is 0 Å². The van der Waals surface area contributed by atoms with E-state index in [0.29, 0.717) is 5.58 Å². The molecule has 3 nitrogen and oxygen atoms in total. The Hall–Kier alpha value is -1.77. The second-order valence-corrected chi connectivity index (χ2v) is 6.34. The van der Waals surface area contributed by atoms with Gasteiger partial charge in [0.2, 0.25) is 0 Å². The molecule has 0 amide bonds. The van der Waals surface area contributed by atoms with Gasteiger partial charge in [0, 0.05) is 17.0 Å². The molecule has 0 spiro atoms.